The number of unbranched alkanes of at least 4 members (excludes halogenated alkanes) is 10. The lowest BCUT2D eigenvalue weighted by atomic mass is 10.0. The molecule has 0 aromatic rings. The Morgan fingerprint density at radius 3 is 1.81 bits per heavy atom. The van der Waals surface area contributed by atoms with E-state index in [1.807, 2.05) is 0 Å². The molecule has 0 amide bonds. The van der Waals surface area contributed by atoms with Gasteiger partial charge in [0.1, 0.15) is 5.78 Å². The first-order chi connectivity index (χ1) is 10.3. The molecular weight excluding hydrogens is 256 g/mol. The van der Waals surface area contributed by atoms with Crippen molar-refractivity contribution in [2.45, 2.75) is 110 Å². The monoisotopic (exact) mass is 294 g/mol. The Hall–Kier alpha value is -0.590. The van der Waals surface area contributed by atoms with E-state index in [1.54, 1.807) is 0 Å². The topological polar surface area (TPSA) is 17.1 Å². The molecule has 124 valence electrons. The summed E-state index contributed by atoms with van der Waals surface area (Å²) in [5, 5.41) is 0. The van der Waals surface area contributed by atoms with Crippen LogP contribution in [0, 0.1) is 0 Å². The number of carbonyl (C=O) groups is 1. The molecule has 0 unspecified atom stereocenters. The predicted molar refractivity (Wildman–Crippen MR) is 94.8 cm³/mol. The molecule has 1 heteroatoms. The molecule has 0 bridgehead atoms. The van der Waals surface area contributed by atoms with Crippen LogP contribution in [-0.4, -0.2) is 5.78 Å². The minimum Gasteiger partial charge on any atom is -0.300 e. The maximum Gasteiger partial charge on any atom is 0.133 e. The molecule has 0 aromatic heterocycles. The van der Waals surface area contributed by atoms with E-state index in [-0.39, 0.29) is 0 Å². The highest BCUT2D eigenvalue weighted by Crippen LogP contribution is 2.10. The molecule has 0 saturated heterocycles. The average Bonchev–Trinajstić information content (AvgIpc) is 2.49. The van der Waals surface area contributed by atoms with Gasteiger partial charge in [0.05, 0.1) is 0 Å². The maximum absolute atomic E-state index is 11.7. The molecule has 0 spiro atoms. The van der Waals surface area contributed by atoms with E-state index < -0.39 is 0 Å². The first-order valence-corrected chi connectivity index (χ1v) is 9.48. The second-order valence-electron chi connectivity index (χ2n) is 6.27. The van der Waals surface area contributed by atoms with Gasteiger partial charge in [-0.15, -0.1) is 0 Å². The van der Waals surface area contributed by atoms with Crippen molar-refractivity contribution in [2.75, 3.05) is 0 Å². The van der Waals surface area contributed by atoms with Gasteiger partial charge in [-0.3, -0.25) is 4.79 Å². The lowest BCUT2D eigenvalue weighted by Crippen LogP contribution is -1.96. The van der Waals surface area contributed by atoms with E-state index >= 15 is 0 Å². The fourth-order valence-electron chi connectivity index (χ4n) is 2.57. The molecular formula is C20H38O. The predicted octanol–water partition coefficient (Wildman–Crippen LogP) is 7.00. The fourth-order valence-corrected chi connectivity index (χ4v) is 2.57. The Bertz CT molecular complexity index is 242. The van der Waals surface area contributed by atoms with Gasteiger partial charge in [0.2, 0.25) is 0 Å². The Morgan fingerprint density at radius 2 is 1.14 bits per heavy atom. The Kier molecular flexibility index (Phi) is 17.0. The van der Waals surface area contributed by atoms with E-state index in [0.29, 0.717) is 5.78 Å². The van der Waals surface area contributed by atoms with Crippen LogP contribution >= 0.6 is 0 Å². The second kappa shape index (κ2) is 17.5. The normalized spacial score (nSPS) is 11.3. The fraction of sp³-hybridized carbons (Fsp3) is 0.850. The summed E-state index contributed by atoms with van der Waals surface area (Å²) in [5.41, 5.74) is 0. The van der Waals surface area contributed by atoms with Gasteiger partial charge in [0.25, 0.3) is 0 Å². The molecule has 0 saturated carbocycles. The molecule has 0 aliphatic carbocycles. The highest BCUT2D eigenvalue weighted by Gasteiger charge is 2.00. The van der Waals surface area contributed by atoms with E-state index in [1.165, 1.54) is 70.6 Å². The van der Waals surface area contributed by atoms with Crippen LogP contribution in [0.15, 0.2) is 12.2 Å². The van der Waals surface area contributed by atoms with Crippen molar-refractivity contribution >= 4 is 5.78 Å². The van der Waals surface area contributed by atoms with Crippen molar-refractivity contribution in [2.24, 2.45) is 0 Å². The van der Waals surface area contributed by atoms with Crippen LogP contribution in [0.5, 0.6) is 0 Å². The summed E-state index contributed by atoms with van der Waals surface area (Å²) in [6.07, 6.45) is 22.5. The van der Waals surface area contributed by atoms with Crippen molar-refractivity contribution in [3.8, 4) is 0 Å². The molecule has 0 N–H and O–H groups in total. The zero-order valence-electron chi connectivity index (χ0n) is 14.7. The molecule has 0 atom stereocenters. The van der Waals surface area contributed by atoms with E-state index in [4.69, 9.17) is 0 Å². The lowest BCUT2D eigenvalue weighted by Gasteiger charge is -2.01. The molecule has 0 rings (SSSR count). The van der Waals surface area contributed by atoms with Gasteiger partial charge < -0.3 is 0 Å². The van der Waals surface area contributed by atoms with Crippen LogP contribution in [-0.2, 0) is 4.79 Å². The van der Waals surface area contributed by atoms with Gasteiger partial charge >= 0.3 is 0 Å². The minimum atomic E-state index is 0.458. The smallest absolute Gasteiger partial charge is 0.133 e. The first kappa shape index (κ1) is 20.4. The zero-order chi connectivity index (χ0) is 15.6. The Morgan fingerprint density at radius 1 is 0.619 bits per heavy atom. The first-order valence-electron chi connectivity index (χ1n) is 9.48. The third-order valence-electron chi connectivity index (χ3n) is 4.04. The molecule has 0 fully saturated rings. The Labute approximate surface area is 133 Å². The van der Waals surface area contributed by atoms with Crippen molar-refractivity contribution in [1.82, 2.24) is 0 Å². The van der Waals surface area contributed by atoms with Gasteiger partial charge in [-0.2, -0.15) is 0 Å². The lowest BCUT2D eigenvalue weighted by molar-refractivity contribution is -0.119. The third-order valence-corrected chi connectivity index (χ3v) is 4.04. The van der Waals surface area contributed by atoms with Crippen molar-refractivity contribution in [3.05, 3.63) is 12.2 Å². The van der Waals surface area contributed by atoms with Crippen LogP contribution in [0.25, 0.3) is 0 Å². The largest absolute Gasteiger partial charge is 0.300 e. The van der Waals surface area contributed by atoms with Gasteiger partial charge in [-0.1, -0.05) is 83.8 Å². The summed E-state index contributed by atoms with van der Waals surface area (Å²) < 4.78 is 0. The second-order valence-corrected chi connectivity index (χ2v) is 6.27. The van der Waals surface area contributed by atoms with Crippen molar-refractivity contribution < 1.29 is 4.79 Å². The molecule has 0 radical (unpaired) electrons. The van der Waals surface area contributed by atoms with Gasteiger partial charge in [-0.05, 0) is 25.7 Å². The van der Waals surface area contributed by atoms with Crippen LogP contribution in [0.2, 0.25) is 0 Å². The minimum absolute atomic E-state index is 0.458. The Balaban J connectivity index is 3.24. The highest BCUT2D eigenvalue weighted by atomic mass is 16.1. The summed E-state index contributed by atoms with van der Waals surface area (Å²) in [5.74, 6) is 0.458. The molecule has 1 nitrogen and oxygen atoms in total. The summed E-state index contributed by atoms with van der Waals surface area (Å²) in [7, 11) is 0. The average molecular weight is 295 g/mol. The summed E-state index contributed by atoms with van der Waals surface area (Å²) in [4.78, 5) is 11.7. The van der Waals surface area contributed by atoms with Crippen LogP contribution in [0.1, 0.15) is 110 Å². The van der Waals surface area contributed by atoms with Crippen LogP contribution < -0.4 is 0 Å². The number of rotatable bonds is 16. The number of hydrogen-bond acceptors (Lipinski definition) is 1. The summed E-state index contributed by atoms with van der Waals surface area (Å²) in [6, 6.07) is 0. The number of ketones is 1. The number of carbonyl (C=O) groups excluding carboxylic acids is 1. The maximum atomic E-state index is 11.7. The van der Waals surface area contributed by atoms with Crippen molar-refractivity contribution in [1.29, 1.82) is 0 Å². The molecule has 0 aliphatic rings. The third kappa shape index (κ3) is 17.4. The van der Waals surface area contributed by atoms with Crippen molar-refractivity contribution in [3.63, 3.8) is 0 Å². The quantitative estimate of drug-likeness (QED) is 0.221. The standard InChI is InChI=1S/C20H38O/c1-3-5-7-9-11-13-15-17-19-20(21)18-16-14-12-10-8-6-4-2/h13,15H,3-12,14,16-19H2,1-2H3/b15-13-. The summed E-state index contributed by atoms with van der Waals surface area (Å²) >= 11 is 0. The van der Waals surface area contributed by atoms with E-state index in [2.05, 4.69) is 26.0 Å². The highest BCUT2D eigenvalue weighted by molar-refractivity contribution is 5.78. The zero-order valence-corrected chi connectivity index (χ0v) is 14.7. The molecule has 0 aromatic carbocycles. The van der Waals surface area contributed by atoms with Crippen LogP contribution in [0.4, 0.5) is 0 Å². The van der Waals surface area contributed by atoms with E-state index in [9.17, 15) is 4.79 Å². The van der Waals surface area contributed by atoms with E-state index in [0.717, 1.165) is 25.7 Å². The SMILES string of the molecule is CCCCCC/C=C\CCC(=O)CCCCCCCCC. The van der Waals surface area contributed by atoms with Gasteiger partial charge in [0.15, 0.2) is 0 Å². The van der Waals surface area contributed by atoms with Gasteiger partial charge in [0, 0.05) is 12.8 Å². The molecule has 0 aliphatic heterocycles. The molecule has 21 heavy (non-hydrogen) atoms. The summed E-state index contributed by atoms with van der Waals surface area (Å²) in [6.45, 7) is 4.49. The van der Waals surface area contributed by atoms with Gasteiger partial charge in [-0.25, -0.2) is 0 Å². The number of Topliss-reactive ketones (excluding diaryl/α,β-unsaturated/α-hetero) is 1. The number of hydrogen-bond donors (Lipinski definition) is 0. The number of allylic oxidation sites excluding steroid dienone is 2. The van der Waals surface area contributed by atoms with Crippen LogP contribution in [0.3, 0.4) is 0 Å². The molecule has 0 heterocycles.